The molecule has 7 nitrogen and oxygen atoms in total. The number of aromatic nitrogens is 3. The van der Waals surface area contributed by atoms with Crippen LogP contribution in [-0.4, -0.2) is 57.3 Å². The molecule has 3 aromatic rings. The number of pyridine rings is 1. The van der Waals surface area contributed by atoms with Crippen molar-refractivity contribution < 1.29 is 10.2 Å². The van der Waals surface area contributed by atoms with Crippen LogP contribution in [0.1, 0.15) is 56.7 Å². The SMILES string of the molecule is OCC1(CO)CCN(c2cc(-c3ccc4c(c3)ncn4C3CCCCC3)c3c(n2)CC=N3)CC1. The third-order valence-corrected chi connectivity index (χ3v) is 8.23. The van der Waals surface area contributed by atoms with E-state index in [4.69, 9.17) is 9.97 Å². The first-order valence-electron chi connectivity index (χ1n) is 12.7. The summed E-state index contributed by atoms with van der Waals surface area (Å²) in [5, 5.41) is 19.5. The van der Waals surface area contributed by atoms with Gasteiger partial charge in [-0.1, -0.05) is 25.3 Å². The minimum atomic E-state index is -0.374. The molecule has 2 N–H and O–H groups in total. The van der Waals surface area contributed by atoms with Crippen molar-refractivity contribution in [2.24, 2.45) is 10.4 Å². The van der Waals surface area contributed by atoms with Crippen molar-refractivity contribution in [2.45, 2.75) is 57.4 Å². The van der Waals surface area contributed by atoms with Crippen molar-refractivity contribution in [3.05, 3.63) is 36.3 Å². The summed E-state index contributed by atoms with van der Waals surface area (Å²) in [4.78, 5) is 16.7. The number of piperidine rings is 1. The summed E-state index contributed by atoms with van der Waals surface area (Å²) in [7, 11) is 0. The van der Waals surface area contributed by atoms with Crippen LogP contribution in [0.5, 0.6) is 0 Å². The van der Waals surface area contributed by atoms with Gasteiger partial charge in [-0.3, -0.25) is 4.99 Å². The minimum absolute atomic E-state index is 0.0293. The lowest BCUT2D eigenvalue weighted by atomic mass is 9.80. The first-order chi connectivity index (χ1) is 16.7. The molecule has 2 aromatic heterocycles. The van der Waals surface area contributed by atoms with Gasteiger partial charge in [0.25, 0.3) is 0 Å². The van der Waals surface area contributed by atoms with Gasteiger partial charge in [-0.25, -0.2) is 9.97 Å². The van der Waals surface area contributed by atoms with Crippen molar-refractivity contribution >= 4 is 28.8 Å². The van der Waals surface area contributed by atoms with Crippen LogP contribution < -0.4 is 4.90 Å². The van der Waals surface area contributed by atoms with Gasteiger partial charge in [-0.05, 0) is 49.4 Å². The van der Waals surface area contributed by atoms with Crippen LogP contribution in [-0.2, 0) is 6.42 Å². The molecule has 0 bridgehead atoms. The fraction of sp³-hybridized carbons (Fsp3) is 0.519. The van der Waals surface area contributed by atoms with Gasteiger partial charge < -0.3 is 19.7 Å². The van der Waals surface area contributed by atoms with E-state index in [9.17, 15) is 10.2 Å². The van der Waals surface area contributed by atoms with E-state index in [0.717, 1.165) is 66.2 Å². The zero-order chi connectivity index (χ0) is 23.1. The summed E-state index contributed by atoms with van der Waals surface area (Å²) in [6.45, 7) is 1.61. The molecule has 1 saturated heterocycles. The quantitative estimate of drug-likeness (QED) is 0.589. The Hall–Kier alpha value is -2.77. The molecule has 2 aliphatic heterocycles. The van der Waals surface area contributed by atoms with Gasteiger partial charge in [0.2, 0.25) is 0 Å². The van der Waals surface area contributed by atoms with Crippen LogP contribution in [0.3, 0.4) is 0 Å². The Balaban J connectivity index is 1.34. The largest absolute Gasteiger partial charge is 0.396 e. The van der Waals surface area contributed by atoms with Gasteiger partial charge in [0.1, 0.15) is 5.82 Å². The van der Waals surface area contributed by atoms with E-state index in [-0.39, 0.29) is 18.6 Å². The molecule has 0 radical (unpaired) electrons. The topological polar surface area (TPSA) is 86.8 Å². The summed E-state index contributed by atoms with van der Waals surface area (Å²) in [5.74, 6) is 0.955. The first-order valence-corrected chi connectivity index (χ1v) is 12.7. The highest BCUT2D eigenvalue weighted by Gasteiger charge is 2.34. The number of imidazole rings is 1. The number of anilines is 1. The zero-order valence-corrected chi connectivity index (χ0v) is 19.7. The van der Waals surface area contributed by atoms with Crippen LogP contribution >= 0.6 is 0 Å². The van der Waals surface area contributed by atoms with Gasteiger partial charge in [0, 0.05) is 42.7 Å². The Bertz CT molecular complexity index is 1210. The molecule has 1 aromatic carbocycles. The molecule has 3 aliphatic rings. The highest BCUT2D eigenvalue weighted by molar-refractivity contribution is 5.91. The number of hydrogen-bond acceptors (Lipinski definition) is 6. The van der Waals surface area contributed by atoms with Crippen molar-refractivity contribution in [2.75, 3.05) is 31.2 Å². The van der Waals surface area contributed by atoms with Gasteiger partial charge in [0.15, 0.2) is 0 Å². The predicted molar refractivity (Wildman–Crippen MR) is 135 cm³/mol. The highest BCUT2D eigenvalue weighted by atomic mass is 16.3. The maximum atomic E-state index is 9.77. The lowest BCUT2D eigenvalue weighted by molar-refractivity contribution is 0.0340. The van der Waals surface area contributed by atoms with Gasteiger partial charge in [-0.2, -0.15) is 0 Å². The number of benzene rings is 1. The molecular weight excluding hydrogens is 426 g/mol. The van der Waals surface area contributed by atoms with Crippen molar-refractivity contribution in [1.82, 2.24) is 14.5 Å². The van der Waals surface area contributed by atoms with Crippen molar-refractivity contribution in [3.8, 4) is 11.1 Å². The average Bonchev–Trinajstić information content (AvgIpc) is 3.55. The summed E-state index contributed by atoms with van der Waals surface area (Å²) >= 11 is 0. The molecular formula is C27H33N5O2. The lowest BCUT2D eigenvalue weighted by Gasteiger charge is -2.40. The molecule has 0 atom stereocenters. The Labute approximate surface area is 200 Å². The number of fused-ring (bicyclic) bond motifs is 2. The molecule has 4 heterocycles. The third kappa shape index (κ3) is 3.71. The second-order valence-electron chi connectivity index (χ2n) is 10.3. The molecule has 178 valence electrons. The number of hydrogen-bond donors (Lipinski definition) is 2. The molecule has 1 saturated carbocycles. The number of nitrogens with zero attached hydrogens (tertiary/aromatic N) is 5. The second-order valence-corrected chi connectivity index (χ2v) is 10.3. The fourth-order valence-corrected chi connectivity index (χ4v) is 5.89. The van der Waals surface area contributed by atoms with E-state index in [1.165, 1.54) is 37.6 Å². The summed E-state index contributed by atoms with van der Waals surface area (Å²) in [5.41, 5.74) is 6.08. The molecule has 0 unspecified atom stereocenters. The van der Waals surface area contributed by atoms with Crippen molar-refractivity contribution in [3.63, 3.8) is 0 Å². The van der Waals surface area contributed by atoms with Crippen LogP contribution in [0.15, 0.2) is 35.6 Å². The zero-order valence-electron chi connectivity index (χ0n) is 19.7. The summed E-state index contributed by atoms with van der Waals surface area (Å²) < 4.78 is 2.38. The maximum Gasteiger partial charge on any atom is 0.129 e. The monoisotopic (exact) mass is 459 g/mol. The Morgan fingerprint density at radius 2 is 1.79 bits per heavy atom. The molecule has 1 aliphatic carbocycles. The van der Waals surface area contributed by atoms with Gasteiger partial charge in [0.05, 0.1) is 42.0 Å². The lowest BCUT2D eigenvalue weighted by Crippen LogP contribution is -2.44. The van der Waals surface area contributed by atoms with E-state index >= 15 is 0 Å². The number of aliphatic hydroxyl groups is 2. The highest BCUT2D eigenvalue weighted by Crippen LogP contribution is 2.41. The maximum absolute atomic E-state index is 9.77. The molecule has 2 fully saturated rings. The van der Waals surface area contributed by atoms with Crippen LogP contribution in [0.2, 0.25) is 0 Å². The van der Waals surface area contributed by atoms with E-state index in [2.05, 4.69) is 38.7 Å². The van der Waals surface area contributed by atoms with E-state index in [1.807, 2.05) is 12.5 Å². The van der Waals surface area contributed by atoms with Gasteiger partial charge >= 0.3 is 0 Å². The van der Waals surface area contributed by atoms with E-state index in [0.29, 0.717) is 6.04 Å². The molecule has 7 heteroatoms. The normalized spacial score (nSPS) is 20.2. The average molecular weight is 460 g/mol. The number of aliphatic imine (C=N–C) groups is 1. The fourth-order valence-electron chi connectivity index (χ4n) is 5.89. The van der Waals surface area contributed by atoms with Crippen LogP contribution in [0.25, 0.3) is 22.2 Å². The molecule has 0 spiro atoms. The predicted octanol–water partition coefficient (Wildman–Crippen LogP) is 4.43. The summed E-state index contributed by atoms with van der Waals surface area (Å²) in [6.07, 6.45) is 12.7. The molecule has 6 rings (SSSR count). The first kappa shape index (κ1) is 21.7. The third-order valence-electron chi connectivity index (χ3n) is 8.23. The van der Waals surface area contributed by atoms with E-state index in [1.54, 1.807) is 0 Å². The second kappa shape index (κ2) is 8.78. The van der Waals surface area contributed by atoms with Gasteiger partial charge in [-0.15, -0.1) is 0 Å². The Morgan fingerprint density at radius 1 is 1.00 bits per heavy atom. The Kier molecular flexibility index (Phi) is 5.62. The Morgan fingerprint density at radius 3 is 2.56 bits per heavy atom. The molecule has 34 heavy (non-hydrogen) atoms. The smallest absolute Gasteiger partial charge is 0.129 e. The van der Waals surface area contributed by atoms with Crippen molar-refractivity contribution in [1.29, 1.82) is 0 Å². The van der Waals surface area contributed by atoms with Crippen LogP contribution in [0, 0.1) is 5.41 Å². The standard InChI is InChI=1S/C27H33N5O2/c33-16-27(17-34)9-12-31(13-10-27)25-15-21(26-22(30-25)8-11-28-26)19-6-7-24-23(14-19)29-18-32(24)20-4-2-1-3-5-20/h6-7,11,14-15,18,20,33-34H,1-5,8-10,12-13,16-17H2. The molecule has 0 amide bonds. The minimum Gasteiger partial charge on any atom is -0.396 e. The summed E-state index contributed by atoms with van der Waals surface area (Å²) in [6, 6.07) is 9.34. The number of rotatable bonds is 5. The van der Waals surface area contributed by atoms with E-state index < -0.39 is 0 Å². The van der Waals surface area contributed by atoms with Crippen LogP contribution in [0.4, 0.5) is 11.5 Å². The number of aliphatic hydroxyl groups excluding tert-OH is 2.